The molecule has 2 N–H and O–H groups in total. The van der Waals surface area contributed by atoms with Gasteiger partial charge < -0.3 is 38.7 Å². The molecule has 0 spiro atoms. The van der Waals surface area contributed by atoms with Crippen LogP contribution in [0.5, 0.6) is 11.5 Å². The Morgan fingerprint density at radius 1 is 0.800 bits per heavy atom. The van der Waals surface area contributed by atoms with Crippen LogP contribution in [0.25, 0.3) is 0 Å². The van der Waals surface area contributed by atoms with Gasteiger partial charge in [-0.1, -0.05) is 107 Å². The maximum absolute atomic E-state index is 14.7. The molecule has 18 heteroatoms. The second kappa shape index (κ2) is 30.1. The van der Waals surface area contributed by atoms with E-state index < -0.39 is 45.4 Å². The average molecular weight is 1060 g/mol. The van der Waals surface area contributed by atoms with E-state index in [9.17, 15) is 28.8 Å². The molecule has 0 aromatic heterocycles. The van der Waals surface area contributed by atoms with E-state index >= 15 is 0 Å². The van der Waals surface area contributed by atoms with E-state index in [1.54, 1.807) is 13.0 Å². The second-order valence-electron chi connectivity index (χ2n) is 21.1. The van der Waals surface area contributed by atoms with E-state index in [0.717, 1.165) is 29.5 Å². The molecule has 0 unspecified atom stereocenters. The molecule has 412 valence electrons. The average Bonchev–Trinajstić information content (AvgIpc) is 4.11. The predicted octanol–water partition coefficient (Wildman–Crippen LogP) is 6.98. The number of Topliss-reactive ketones (excluding diaryl/α,β-unsaturated/α-hetero) is 3. The SMILES string of the molecule is CCC(=O)Oc1ccc(C[N+]2(CC(=O)C[C@@H](CCc3ccccc3)C(=O)N[C@@H](CC(C)C)C(=O)C[C@@H](Cc3ccccc3)C(=O)N[C@@H](CC(C)C)C(=O)C3(C)CC3)CCOCC2)cc1OC/C=N/OC.CS(=O)(=O)[O-]. The number of carbonyl (C=O) groups is 6. The van der Waals surface area contributed by atoms with Gasteiger partial charge in [-0.2, -0.15) is 0 Å². The van der Waals surface area contributed by atoms with Gasteiger partial charge in [-0.15, -0.1) is 0 Å². The van der Waals surface area contributed by atoms with Gasteiger partial charge in [0.25, 0.3) is 0 Å². The van der Waals surface area contributed by atoms with Crippen molar-refractivity contribution >= 4 is 51.5 Å². The summed E-state index contributed by atoms with van der Waals surface area (Å²) >= 11 is 0. The van der Waals surface area contributed by atoms with Crippen LogP contribution in [0.4, 0.5) is 0 Å². The van der Waals surface area contributed by atoms with Gasteiger partial charge in [-0.05, 0) is 86.1 Å². The first-order chi connectivity index (χ1) is 35.5. The summed E-state index contributed by atoms with van der Waals surface area (Å²) < 4.78 is 44.9. The van der Waals surface area contributed by atoms with E-state index in [2.05, 4.69) is 15.8 Å². The van der Waals surface area contributed by atoms with Gasteiger partial charge in [0.15, 0.2) is 28.8 Å². The molecule has 0 bridgehead atoms. The van der Waals surface area contributed by atoms with Crippen molar-refractivity contribution in [2.24, 2.45) is 34.2 Å². The summed E-state index contributed by atoms with van der Waals surface area (Å²) in [4.78, 5) is 88.8. The summed E-state index contributed by atoms with van der Waals surface area (Å²) in [7, 11) is -2.49. The summed E-state index contributed by atoms with van der Waals surface area (Å²) in [6, 6.07) is 23.2. The third-order valence-electron chi connectivity index (χ3n) is 13.4. The van der Waals surface area contributed by atoms with Crippen LogP contribution in [0.1, 0.15) is 110 Å². The van der Waals surface area contributed by atoms with Gasteiger partial charge in [-0.3, -0.25) is 28.8 Å². The lowest BCUT2D eigenvalue weighted by Crippen LogP contribution is -2.57. The minimum atomic E-state index is -3.92. The van der Waals surface area contributed by atoms with Crippen molar-refractivity contribution in [1.29, 1.82) is 0 Å². The number of amides is 2. The van der Waals surface area contributed by atoms with E-state index in [1.807, 2.05) is 107 Å². The molecule has 17 nitrogen and oxygen atoms in total. The maximum atomic E-state index is 14.7. The molecule has 75 heavy (non-hydrogen) atoms. The predicted molar refractivity (Wildman–Crippen MR) is 285 cm³/mol. The van der Waals surface area contributed by atoms with Crippen LogP contribution in [0.15, 0.2) is 84.0 Å². The summed E-state index contributed by atoms with van der Waals surface area (Å²) in [5.74, 6) is -2.17. The number of carbonyl (C=O) groups excluding carboxylic acids is 6. The maximum Gasteiger partial charge on any atom is 0.311 e. The van der Waals surface area contributed by atoms with E-state index in [-0.39, 0.29) is 85.6 Å². The molecule has 5 rings (SSSR count). The molecule has 1 saturated carbocycles. The first kappa shape index (κ1) is 61.7. The smallest absolute Gasteiger partial charge is 0.311 e. The Bertz CT molecular complexity index is 2460. The quantitative estimate of drug-likeness (QED) is 0.0172. The van der Waals surface area contributed by atoms with Crippen molar-refractivity contribution in [3.8, 4) is 11.5 Å². The molecule has 4 atom stereocenters. The van der Waals surface area contributed by atoms with Crippen LogP contribution in [-0.4, -0.2) is 124 Å². The Hall–Kier alpha value is -5.82. The van der Waals surface area contributed by atoms with Crippen LogP contribution in [0.3, 0.4) is 0 Å². The number of quaternary nitrogens is 1. The highest BCUT2D eigenvalue weighted by Gasteiger charge is 2.48. The van der Waals surface area contributed by atoms with Crippen molar-refractivity contribution in [2.75, 3.05) is 52.8 Å². The molecule has 1 saturated heterocycles. The fourth-order valence-corrected chi connectivity index (χ4v) is 9.21. The molecule has 2 amide bonds. The number of esters is 1. The van der Waals surface area contributed by atoms with Gasteiger partial charge in [0.05, 0.1) is 41.6 Å². The van der Waals surface area contributed by atoms with Crippen LogP contribution < -0.4 is 20.1 Å². The number of aryl methyl sites for hydroxylation is 1. The zero-order valence-corrected chi connectivity index (χ0v) is 46.0. The van der Waals surface area contributed by atoms with Crippen LogP contribution in [0, 0.1) is 29.1 Å². The summed E-state index contributed by atoms with van der Waals surface area (Å²) in [6.07, 6.45) is 5.71. The normalized spacial score (nSPS) is 16.4. The van der Waals surface area contributed by atoms with Crippen molar-refractivity contribution < 1.29 is 65.3 Å². The molecule has 3 aromatic rings. The van der Waals surface area contributed by atoms with Gasteiger partial charge in [0, 0.05) is 48.3 Å². The zero-order chi connectivity index (χ0) is 55.2. The number of nitrogens with one attached hydrogen (secondary N) is 2. The van der Waals surface area contributed by atoms with Crippen molar-refractivity contribution in [1.82, 2.24) is 10.6 Å². The first-order valence-corrected chi connectivity index (χ1v) is 28.0. The number of hydrogen-bond donors (Lipinski definition) is 2. The lowest BCUT2D eigenvalue weighted by atomic mass is 9.87. The number of hydrogen-bond acceptors (Lipinski definition) is 14. The molecule has 1 heterocycles. The van der Waals surface area contributed by atoms with E-state index in [1.165, 1.54) is 13.3 Å². The minimum absolute atomic E-state index is 0.0234. The monoisotopic (exact) mass is 1060 g/mol. The van der Waals surface area contributed by atoms with E-state index in [4.69, 9.17) is 32.0 Å². The fraction of sp³-hybridized carbons (Fsp3) is 0.561. The van der Waals surface area contributed by atoms with Gasteiger partial charge >= 0.3 is 5.97 Å². The fourth-order valence-electron chi connectivity index (χ4n) is 9.21. The largest absolute Gasteiger partial charge is 0.748 e. The highest BCUT2D eigenvalue weighted by molar-refractivity contribution is 7.84. The number of oxime groups is 1. The van der Waals surface area contributed by atoms with Crippen molar-refractivity contribution in [3.05, 3.63) is 95.6 Å². The molecule has 1 aliphatic heterocycles. The number of nitrogens with zero attached hydrogens (tertiary/aromatic N) is 2. The van der Waals surface area contributed by atoms with Gasteiger partial charge in [-0.25, -0.2) is 8.42 Å². The zero-order valence-electron chi connectivity index (χ0n) is 45.2. The Morgan fingerprint density at radius 2 is 1.37 bits per heavy atom. The molecule has 0 radical (unpaired) electrons. The van der Waals surface area contributed by atoms with E-state index in [0.29, 0.717) is 75.0 Å². The summed E-state index contributed by atoms with van der Waals surface area (Å²) in [6.45, 7) is 14.4. The minimum Gasteiger partial charge on any atom is -0.748 e. The van der Waals surface area contributed by atoms with Crippen LogP contribution in [0.2, 0.25) is 0 Å². The Balaban J connectivity index is 0.00000232. The molecule has 2 aliphatic rings. The Labute approximate surface area is 444 Å². The summed E-state index contributed by atoms with van der Waals surface area (Å²) in [5, 5.41) is 9.92. The number of ketones is 3. The molecular weight excluding hydrogens is 981 g/mol. The Kier molecular flexibility index (Phi) is 24.7. The Morgan fingerprint density at radius 3 is 1.95 bits per heavy atom. The molecule has 2 fully saturated rings. The van der Waals surface area contributed by atoms with Gasteiger partial charge in [0.2, 0.25) is 11.8 Å². The number of rotatable bonds is 30. The lowest BCUT2D eigenvalue weighted by Gasteiger charge is -2.41. The number of benzene rings is 3. The third-order valence-corrected chi connectivity index (χ3v) is 13.4. The van der Waals surface area contributed by atoms with Crippen LogP contribution in [-0.2, 0) is 67.8 Å². The third kappa shape index (κ3) is 22.5. The van der Waals surface area contributed by atoms with Crippen LogP contribution >= 0.6 is 0 Å². The highest BCUT2D eigenvalue weighted by atomic mass is 32.2. The highest BCUT2D eigenvalue weighted by Crippen LogP contribution is 2.47. The van der Waals surface area contributed by atoms with Crippen molar-refractivity contribution in [3.63, 3.8) is 0 Å². The first-order valence-electron chi connectivity index (χ1n) is 26.1. The topological polar surface area (TPSA) is 233 Å². The standard InChI is InChI=1S/C56H76N4O10.CH4O3S/c1-8-52(63)70-50-22-20-43(34-51(50)69-28-25-57-67-7)37-60(26-29-68-30-27-60)38-46(61)35-44(21-19-41-15-11-9-12-16-41)54(65)58-47(31-39(2)3)49(62)36-45(33-42-17-13-10-14-18-42)55(66)59-48(32-40(4)5)53(64)56(6)23-24-56;1-5(2,3)4/h9-18,20,22,25,34,39-40,44-45,47-48H,8,19,21,23-24,26-33,35-38H2,1-7H3,(H-,58,59,65,66);1H3,(H,2,3,4)/b57-25+;/t44-,45-,47+,48+;/m1./s1. The van der Waals surface area contributed by atoms with Gasteiger partial charge in [0.1, 0.15) is 39.9 Å². The number of morpholine rings is 1. The van der Waals surface area contributed by atoms with Crippen molar-refractivity contribution in [2.45, 2.75) is 124 Å². The molecule has 1 aliphatic carbocycles. The number of ether oxygens (including phenoxy) is 3. The molecular formula is C57H80N4O13S. The molecule has 3 aromatic carbocycles. The second-order valence-corrected chi connectivity index (χ2v) is 22.5. The summed E-state index contributed by atoms with van der Waals surface area (Å²) in [5.41, 5.74) is 2.33. The lowest BCUT2D eigenvalue weighted by molar-refractivity contribution is -0.940.